The Morgan fingerprint density at radius 2 is 2.16 bits per heavy atom. The van der Waals surface area contributed by atoms with Gasteiger partial charge in [0.05, 0.1) is 11.4 Å². The van der Waals surface area contributed by atoms with E-state index >= 15 is 0 Å². The topological polar surface area (TPSA) is 76.2 Å². The Balaban J connectivity index is 2.44. The van der Waals surface area contributed by atoms with Crippen molar-refractivity contribution in [2.24, 2.45) is 7.05 Å². The number of nitrogen functional groups attached to an aromatic ring is 1. The van der Waals surface area contributed by atoms with E-state index in [1.54, 1.807) is 14.0 Å². The maximum Gasteiger partial charge on any atom is 0.271 e. The monoisotopic (exact) mass is 267 g/mol. The first kappa shape index (κ1) is 15.5. The summed E-state index contributed by atoms with van der Waals surface area (Å²) in [5.41, 5.74) is 7.43. The largest absolute Gasteiger partial charge is 0.395 e. The number of carbonyl (C=O) groups is 1. The number of aryl methyl sites for hydroxylation is 2. The van der Waals surface area contributed by atoms with Crippen LogP contribution in [0.4, 0.5) is 5.69 Å². The van der Waals surface area contributed by atoms with Crippen LogP contribution < -0.4 is 11.1 Å². The molecule has 6 nitrogen and oxygen atoms in total. The smallest absolute Gasteiger partial charge is 0.271 e. The minimum absolute atomic E-state index is 0.159. The third-order valence-corrected chi connectivity index (χ3v) is 3.34. The molecule has 6 heteroatoms. The molecule has 0 spiro atoms. The summed E-state index contributed by atoms with van der Waals surface area (Å²) in [6, 6.07) is 0.520. The molecule has 0 aromatic carbocycles. The molecule has 19 heavy (non-hydrogen) atoms. The average molecular weight is 267 g/mol. The lowest BCUT2D eigenvalue weighted by Crippen LogP contribution is -2.32. The van der Waals surface area contributed by atoms with Gasteiger partial charge >= 0.3 is 0 Å². The Hall–Kier alpha value is -1.56. The zero-order chi connectivity index (χ0) is 14.6. The van der Waals surface area contributed by atoms with Gasteiger partial charge in [0.1, 0.15) is 5.69 Å². The van der Waals surface area contributed by atoms with Crippen molar-refractivity contribution in [3.05, 3.63) is 11.4 Å². The van der Waals surface area contributed by atoms with E-state index in [0.717, 1.165) is 13.0 Å². The molecule has 1 amide bonds. The fourth-order valence-corrected chi connectivity index (χ4v) is 1.82. The SMILES string of the molecule is Cc1nn(C)c(C(=O)NCCCN(C)C(C)C)c1N. The fourth-order valence-electron chi connectivity index (χ4n) is 1.82. The summed E-state index contributed by atoms with van der Waals surface area (Å²) in [7, 11) is 3.81. The third-order valence-electron chi connectivity index (χ3n) is 3.34. The van der Waals surface area contributed by atoms with Crippen molar-refractivity contribution >= 4 is 11.6 Å². The summed E-state index contributed by atoms with van der Waals surface area (Å²) < 4.78 is 1.53. The lowest BCUT2D eigenvalue weighted by molar-refractivity contribution is 0.0943. The van der Waals surface area contributed by atoms with E-state index in [0.29, 0.717) is 29.7 Å². The number of aromatic nitrogens is 2. The second-order valence-electron chi connectivity index (χ2n) is 5.16. The van der Waals surface area contributed by atoms with E-state index in [1.165, 1.54) is 4.68 Å². The van der Waals surface area contributed by atoms with Crippen molar-refractivity contribution in [3.8, 4) is 0 Å². The molecule has 0 aliphatic rings. The lowest BCUT2D eigenvalue weighted by Gasteiger charge is -2.20. The van der Waals surface area contributed by atoms with Gasteiger partial charge in [0, 0.05) is 19.6 Å². The van der Waals surface area contributed by atoms with Gasteiger partial charge in [-0.1, -0.05) is 0 Å². The van der Waals surface area contributed by atoms with E-state index in [2.05, 4.69) is 36.2 Å². The van der Waals surface area contributed by atoms with Gasteiger partial charge in [-0.2, -0.15) is 5.10 Å². The lowest BCUT2D eigenvalue weighted by atomic mass is 10.2. The van der Waals surface area contributed by atoms with E-state index in [-0.39, 0.29) is 5.91 Å². The molecule has 0 bridgehead atoms. The van der Waals surface area contributed by atoms with Crippen molar-refractivity contribution < 1.29 is 4.79 Å². The molecule has 0 fully saturated rings. The Kier molecular flexibility index (Phi) is 5.35. The molecule has 0 saturated heterocycles. The molecule has 1 heterocycles. The first-order chi connectivity index (χ1) is 8.84. The van der Waals surface area contributed by atoms with Gasteiger partial charge in [0.25, 0.3) is 5.91 Å². The van der Waals surface area contributed by atoms with Gasteiger partial charge < -0.3 is 16.0 Å². The summed E-state index contributed by atoms with van der Waals surface area (Å²) in [5.74, 6) is -0.159. The van der Waals surface area contributed by atoms with Crippen molar-refractivity contribution in [3.63, 3.8) is 0 Å². The van der Waals surface area contributed by atoms with Crippen LogP contribution in [-0.4, -0.2) is 46.8 Å². The first-order valence-corrected chi connectivity index (χ1v) is 6.62. The van der Waals surface area contributed by atoms with Crippen LogP contribution in [0.25, 0.3) is 0 Å². The highest BCUT2D eigenvalue weighted by Crippen LogP contribution is 2.14. The Morgan fingerprint density at radius 3 is 2.63 bits per heavy atom. The van der Waals surface area contributed by atoms with E-state index in [4.69, 9.17) is 5.73 Å². The maximum atomic E-state index is 12.0. The predicted molar refractivity (Wildman–Crippen MR) is 77.1 cm³/mol. The molecule has 1 aromatic heterocycles. The quantitative estimate of drug-likeness (QED) is 0.747. The minimum atomic E-state index is -0.159. The molecule has 0 unspecified atom stereocenters. The minimum Gasteiger partial charge on any atom is -0.395 e. The first-order valence-electron chi connectivity index (χ1n) is 6.62. The number of nitrogens with two attached hydrogens (primary N) is 1. The highest BCUT2D eigenvalue weighted by molar-refractivity contribution is 5.97. The van der Waals surface area contributed by atoms with Gasteiger partial charge in [-0.15, -0.1) is 0 Å². The molecule has 0 aliphatic carbocycles. The summed E-state index contributed by atoms with van der Waals surface area (Å²) in [6.07, 6.45) is 0.914. The number of nitrogens with one attached hydrogen (secondary N) is 1. The number of rotatable bonds is 6. The normalized spacial score (nSPS) is 11.3. The summed E-state index contributed by atoms with van der Waals surface area (Å²) in [4.78, 5) is 14.3. The Morgan fingerprint density at radius 1 is 1.53 bits per heavy atom. The van der Waals surface area contributed by atoms with E-state index in [9.17, 15) is 4.79 Å². The molecule has 0 saturated carbocycles. The van der Waals surface area contributed by atoms with Gasteiger partial charge in [0.2, 0.25) is 0 Å². The molecule has 1 aromatic rings. The number of hydrogen-bond acceptors (Lipinski definition) is 4. The van der Waals surface area contributed by atoms with Gasteiger partial charge in [-0.05, 0) is 40.8 Å². The van der Waals surface area contributed by atoms with Crippen molar-refractivity contribution in [2.75, 3.05) is 25.9 Å². The van der Waals surface area contributed by atoms with Crippen LogP contribution in [0.1, 0.15) is 36.5 Å². The highest BCUT2D eigenvalue weighted by Gasteiger charge is 2.17. The van der Waals surface area contributed by atoms with Crippen LogP contribution in [0, 0.1) is 6.92 Å². The fraction of sp³-hybridized carbons (Fsp3) is 0.692. The summed E-state index contributed by atoms with van der Waals surface area (Å²) in [6.45, 7) is 7.69. The Bertz CT molecular complexity index is 438. The zero-order valence-electron chi connectivity index (χ0n) is 12.5. The second-order valence-corrected chi connectivity index (χ2v) is 5.16. The van der Waals surface area contributed by atoms with Crippen LogP contribution in [0.15, 0.2) is 0 Å². The molecule has 0 aliphatic heterocycles. The summed E-state index contributed by atoms with van der Waals surface area (Å²) >= 11 is 0. The predicted octanol–water partition coefficient (Wildman–Crippen LogP) is 0.771. The standard InChI is InChI=1S/C13H25N5O/c1-9(2)17(4)8-6-7-15-13(19)12-11(14)10(3)16-18(12)5/h9H,6-8,14H2,1-5H3,(H,15,19). The molecular weight excluding hydrogens is 242 g/mol. The Labute approximate surface area is 114 Å². The molecule has 1 rings (SSSR count). The van der Waals surface area contributed by atoms with Crippen molar-refractivity contribution in [2.45, 2.75) is 33.2 Å². The van der Waals surface area contributed by atoms with Crippen molar-refractivity contribution in [1.29, 1.82) is 0 Å². The van der Waals surface area contributed by atoms with Gasteiger partial charge in [-0.25, -0.2) is 0 Å². The van der Waals surface area contributed by atoms with Crippen LogP contribution >= 0.6 is 0 Å². The number of carbonyl (C=O) groups excluding carboxylic acids is 1. The number of hydrogen-bond donors (Lipinski definition) is 2. The third kappa shape index (κ3) is 3.96. The molecule has 0 atom stereocenters. The van der Waals surface area contributed by atoms with Gasteiger partial charge in [0.15, 0.2) is 0 Å². The number of nitrogens with zero attached hydrogens (tertiary/aromatic N) is 3. The van der Waals surface area contributed by atoms with E-state index < -0.39 is 0 Å². The van der Waals surface area contributed by atoms with Gasteiger partial charge in [-0.3, -0.25) is 9.48 Å². The highest BCUT2D eigenvalue weighted by atomic mass is 16.2. The van der Waals surface area contributed by atoms with E-state index in [1.807, 2.05) is 0 Å². The molecule has 3 N–H and O–H groups in total. The average Bonchev–Trinajstić information content (AvgIpc) is 2.58. The number of anilines is 1. The second kappa shape index (κ2) is 6.56. The molecule has 0 radical (unpaired) electrons. The summed E-state index contributed by atoms with van der Waals surface area (Å²) in [5, 5.41) is 7.02. The van der Waals surface area contributed by atoms with Crippen molar-refractivity contribution in [1.82, 2.24) is 20.0 Å². The van der Waals surface area contributed by atoms with Crippen LogP contribution in [0.5, 0.6) is 0 Å². The van der Waals surface area contributed by atoms with Crippen LogP contribution in [-0.2, 0) is 7.05 Å². The van der Waals surface area contributed by atoms with Crippen LogP contribution in [0.3, 0.4) is 0 Å². The number of amides is 1. The zero-order valence-corrected chi connectivity index (χ0v) is 12.5. The molecular formula is C13H25N5O. The maximum absolute atomic E-state index is 12.0. The van der Waals surface area contributed by atoms with Crippen LogP contribution in [0.2, 0.25) is 0 Å². The molecule has 108 valence electrons.